The van der Waals surface area contributed by atoms with Crippen molar-refractivity contribution in [1.82, 2.24) is 14.9 Å². The van der Waals surface area contributed by atoms with Crippen molar-refractivity contribution in [3.8, 4) is 0 Å². The molecule has 3 rings (SSSR count). The van der Waals surface area contributed by atoms with Crippen LogP contribution in [0.25, 0.3) is 0 Å². The van der Waals surface area contributed by atoms with Crippen LogP contribution in [0, 0.1) is 17.3 Å². The van der Waals surface area contributed by atoms with E-state index >= 15 is 0 Å². The summed E-state index contributed by atoms with van der Waals surface area (Å²) in [5.41, 5.74) is -5.22. The number of nitrogens with zero attached hydrogens (tertiary/aromatic N) is 2. The fraction of sp³-hybridized carbons (Fsp3) is 0.941. The molecule has 0 radical (unpaired) electrons. The summed E-state index contributed by atoms with van der Waals surface area (Å²) in [6.45, 7) is 5.43. The van der Waals surface area contributed by atoms with Gasteiger partial charge in [-0.25, -0.2) is 8.42 Å². The molecule has 3 fully saturated rings. The van der Waals surface area contributed by atoms with Crippen LogP contribution in [0.1, 0.15) is 33.1 Å². The predicted molar refractivity (Wildman–Crippen MR) is 99.2 cm³/mol. The summed E-state index contributed by atoms with van der Waals surface area (Å²) in [5.74, 6) is 1.22. The lowest BCUT2D eigenvalue weighted by molar-refractivity contribution is -0.106. The van der Waals surface area contributed by atoms with Crippen LogP contribution in [-0.2, 0) is 14.8 Å². The summed E-state index contributed by atoms with van der Waals surface area (Å²) in [6.07, 6.45) is 2.05. The third-order valence-corrected chi connectivity index (χ3v) is 8.01. The lowest BCUT2D eigenvalue weighted by Crippen LogP contribution is -2.68. The molecule has 7 nitrogen and oxygen atoms in total. The summed E-state index contributed by atoms with van der Waals surface area (Å²) < 4.78 is 67.3. The van der Waals surface area contributed by atoms with Crippen LogP contribution in [0.3, 0.4) is 0 Å². The monoisotopic (exact) mass is 426 g/mol. The molecule has 28 heavy (non-hydrogen) atoms. The second kappa shape index (κ2) is 7.64. The van der Waals surface area contributed by atoms with Gasteiger partial charge in [-0.15, -0.1) is 0 Å². The Morgan fingerprint density at radius 2 is 1.89 bits per heavy atom. The van der Waals surface area contributed by atoms with Gasteiger partial charge >= 0.3 is 15.5 Å². The Bertz CT molecular complexity index is 703. The molecule has 11 heteroatoms. The van der Waals surface area contributed by atoms with Gasteiger partial charge in [0.05, 0.1) is 6.10 Å². The number of hydrogen-bond donors (Lipinski definition) is 2. The molecule has 2 N–H and O–H groups in total. The molecule has 2 saturated heterocycles. The quantitative estimate of drug-likeness (QED) is 0.526. The molecule has 3 atom stereocenters. The zero-order chi connectivity index (χ0) is 20.7. The Labute approximate surface area is 164 Å². The fourth-order valence-electron chi connectivity index (χ4n) is 4.70. The molecule has 0 aromatic heterocycles. The highest BCUT2D eigenvalue weighted by molar-refractivity contribution is 7.90. The number of rotatable bonds is 4. The maximum atomic E-state index is 12.7. The minimum atomic E-state index is -5.23. The van der Waals surface area contributed by atoms with Crippen molar-refractivity contribution in [2.75, 3.05) is 33.3 Å². The van der Waals surface area contributed by atoms with Crippen LogP contribution < -0.4 is 10.6 Å². The average Bonchev–Trinajstić information content (AvgIpc) is 3.08. The second-order valence-electron chi connectivity index (χ2n) is 8.43. The molecule has 162 valence electrons. The van der Waals surface area contributed by atoms with Crippen LogP contribution in [0.15, 0.2) is 4.99 Å². The summed E-state index contributed by atoms with van der Waals surface area (Å²) >= 11 is 0. The molecular weight excluding hydrogens is 397 g/mol. The number of hydrogen-bond acceptors (Lipinski definition) is 4. The Morgan fingerprint density at radius 3 is 2.46 bits per heavy atom. The van der Waals surface area contributed by atoms with Gasteiger partial charge in [0.15, 0.2) is 5.96 Å². The van der Waals surface area contributed by atoms with Crippen LogP contribution in [0.4, 0.5) is 13.2 Å². The molecule has 0 spiro atoms. The van der Waals surface area contributed by atoms with E-state index in [1.807, 2.05) is 0 Å². The van der Waals surface area contributed by atoms with Crippen molar-refractivity contribution < 1.29 is 26.3 Å². The Morgan fingerprint density at radius 1 is 1.25 bits per heavy atom. The largest absolute Gasteiger partial charge is 0.511 e. The molecule has 2 heterocycles. The molecule has 2 aliphatic heterocycles. The van der Waals surface area contributed by atoms with Gasteiger partial charge in [-0.2, -0.15) is 17.5 Å². The van der Waals surface area contributed by atoms with Gasteiger partial charge in [-0.1, -0.05) is 13.8 Å². The minimum Gasteiger partial charge on any atom is -0.377 e. The van der Waals surface area contributed by atoms with E-state index in [0.717, 1.165) is 13.0 Å². The number of guanidine groups is 1. The van der Waals surface area contributed by atoms with E-state index in [2.05, 4.69) is 29.5 Å². The van der Waals surface area contributed by atoms with E-state index in [9.17, 15) is 21.6 Å². The standard InChI is InChI=1S/C17H29F3N4O3S/c1-16(2)13(12-6-9-27-14(12)16)23-15(21-3)22-10-11-4-7-24(8-5-11)28(25,26)17(18,19)20/h11-14H,4-10H2,1-3H3,(H2,21,22,23). The Hall–Kier alpha value is -1.07. The van der Waals surface area contributed by atoms with Crippen molar-refractivity contribution in [3.05, 3.63) is 0 Å². The molecule has 1 aliphatic carbocycles. The fourth-order valence-corrected chi connectivity index (χ4v) is 5.68. The highest BCUT2D eigenvalue weighted by Gasteiger charge is 2.59. The highest BCUT2D eigenvalue weighted by Crippen LogP contribution is 2.52. The molecule has 0 aromatic rings. The van der Waals surface area contributed by atoms with Crippen molar-refractivity contribution in [2.45, 2.75) is 50.8 Å². The first-order chi connectivity index (χ1) is 13.0. The summed E-state index contributed by atoms with van der Waals surface area (Å²) in [5, 5.41) is 6.71. The lowest BCUT2D eigenvalue weighted by Gasteiger charge is -2.55. The Kier molecular flexibility index (Phi) is 5.90. The van der Waals surface area contributed by atoms with Crippen LogP contribution in [0.2, 0.25) is 0 Å². The predicted octanol–water partition coefficient (Wildman–Crippen LogP) is 1.53. The van der Waals surface area contributed by atoms with Crippen molar-refractivity contribution in [2.24, 2.45) is 22.2 Å². The van der Waals surface area contributed by atoms with Crippen LogP contribution in [0.5, 0.6) is 0 Å². The smallest absolute Gasteiger partial charge is 0.377 e. The van der Waals surface area contributed by atoms with E-state index in [1.165, 1.54) is 0 Å². The minimum absolute atomic E-state index is 0.0100. The average molecular weight is 427 g/mol. The van der Waals surface area contributed by atoms with Gasteiger partial charge in [-0.3, -0.25) is 4.99 Å². The molecule has 0 amide bonds. The maximum Gasteiger partial charge on any atom is 0.511 e. The van der Waals surface area contributed by atoms with Gasteiger partial charge in [0.2, 0.25) is 0 Å². The third kappa shape index (κ3) is 3.85. The van der Waals surface area contributed by atoms with E-state index in [0.29, 0.717) is 35.6 Å². The lowest BCUT2D eigenvalue weighted by atomic mass is 9.57. The van der Waals surface area contributed by atoms with Crippen molar-refractivity contribution in [1.29, 1.82) is 0 Å². The number of fused-ring (bicyclic) bond motifs is 1. The Balaban J connectivity index is 1.47. The number of piperidine rings is 1. The first kappa shape index (κ1) is 21.6. The topological polar surface area (TPSA) is 83.0 Å². The zero-order valence-electron chi connectivity index (χ0n) is 16.4. The number of aliphatic imine (C=N–C) groups is 1. The van der Waals surface area contributed by atoms with Crippen molar-refractivity contribution >= 4 is 16.0 Å². The van der Waals surface area contributed by atoms with E-state index in [1.54, 1.807) is 7.05 Å². The van der Waals surface area contributed by atoms with Crippen LogP contribution >= 0.6 is 0 Å². The number of ether oxygens (including phenoxy) is 1. The van der Waals surface area contributed by atoms with Crippen LogP contribution in [-0.4, -0.2) is 69.6 Å². The third-order valence-electron chi connectivity index (χ3n) is 6.38. The van der Waals surface area contributed by atoms with E-state index < -0.39 is 15.5 Å². The maximum absolute atomic E-state index is 12.7. The number of sulfonamides is 1. The molecule has 0 aromatic carbocycles. The molecule has 1 saturated carbocycles. The van der Waals surface area contributed by atoms with Gasteiger partial charge in [-0.05, 0) is 25.2 Å². The molecule has 0 bridgehead atoms. The summed E-state index contributed by atoms with van der Waals surface area (Å²) in [7, 11) is -3.54. The number of nitrogens with one attached hydrogen (secondary N) is 2. The van der Waals surface area contributed by atoms with Gasteiger partial charge in [0.1, 0.15) is 0 Å². The summed E-state index contributed by atoms with van der Waals surface area (Å²) in [6, 6.07) is 0.255. The normalized spacial score (nSPS) is 31.9. The first-order valence-electron chi connectivity index (χ1n) is 9.63. The highest BCUT2D eigenvalue weighted by atomic mass is 32.2. The number of halogens is 3. The summed E-state index contributed by atoms with van der Waals surface area (Å²) in [4.78, 5) is 4.26. The van der Waals surface area contributed by atoms with E-state index in [4.69, 9.17) is 4.74 Å². The van der Waals surface area contributed by atoms with Crippen molar-refractivity contribution in [3.63, 3.8) is 0 Å². The SMILES string of the molecule is CN=C(NCC1CCN(S(=O)(=O)C(F)(F)F)CC1)NC1C2CCOC2C1(C)C. The van der Waals surface area contributed by atoms with Gasteiger partial charge < -0.3 is 15.4 Å². The van der Waals surface area contributed by atoms with Gasteiger partial charge in [0, 0.05) is 50.7 Å². The zero-order valence-corrected chi connectivity index (χ0v) is 17.2. The molecule has 3 unspecified atom stereocenters. The molecular formula is C17H29F3N4O3S. The van der Waals surface area contributed by atoms with E-state index in [-0.39, 0.29) is 36.6 Å². The van der Waals surface area contributed by atoms with Gasteiger partial charge in [0.25, 0.3) is 0 Å². The number of alkyl halides is 3. The second-order valence-corrected chi connectivity index (χ2v) is 10.4. The first-order valence-corrected chi connectivity index (χ1v) is 11.1. The molecule has 3 aliphatic rings.